The Bertz CT molecular complexity index is 1260. The average Bonchev–Trinajstić information content (AvgIpc) is 3.51. The number of oxime groups is 1. The molecule has 0 spiro atoms. The first-order valence-corrected chi connectivity index (χ1v) is 13.7. The standard InChI is InChI=1S/C18H23N11O5S3.3ClH/c19-1-3-28-18(24-26-27-28)37-6-8-5-35-15-11(14(31)29(15)12(8)16(32)33)23-13(30)10(25-34-4-2-20)9-7-36-17(21)22-9;;;/h7,11,15H,1-6,19-20H2,(H2,21,22)(H,23,30)(H,32,33);3*1H/t11?,15-;;;/m0.../s1. The van der Waals surface area contributed by atoms with Gasteiger partial charge < -0.3 is 32.5 Å². The molecule has 0 saturated carbocycles. The van der Waals surface area contributed by atoms with Gasteiger partial charge in [-0.2, -0.15) is 0 Å². The molecular weight excluding hydrogens is 653 g/mol. The van der Waals surface area contributed by atoms with Crippen molar-refractivity contribution in [3.8, 4) is 0 Å². The Morgan fingerprint density at radius 3 is 2.65 bits per heavy atom. The van der Waals surface area contributed by atoms with Crippen LogP contribution in [0.15, 0.2) is 27.0 Å². The second-order valence-corrected chi connectivity index (χ2v) is 10.5. The van der Waals surface area contributed by atoms with Crippen molar-refractivity contribution in [1.82, 2.24) is 35.4 Å². The Kier molecular flexibility index (Phi) is 14.4. The van der Waals surface area contributed by atoms with E-state index in [0.717, 1.165) is 11.3 Å². The van der Waals surface area contributed by atoms with E-state index in [2.05, 4.69) is 31.0 Å². The van der Waals surface area contributed by atoms with Gasteiger partial charge >= 0.3 is 5.97 Å². The number of nitrogens with zero attached hydrogens (tertiary/aromatic N) is 7. The highest BCUT2D eigenvalue weighted by atomic mass is 35.5. The predicted molar refractivity (Wildman–Crippen MR) is 157 cm³/mol. The van der Waals surface area contributed by atoms with Gasteiger partial charge in [0.15, 0.2) is 10.8 Å². The van der Waals surface area contributed by atoms with E-state index in [1.54, 1.807) is 0 Å². The molecular formula is C18H26Cl3N11O5S3. The van der Waals surface area contributed by atoms with E-state index in [0.29, 0.717) is 29.6 Å². The van der Waals surface area contributed by atoms with Gasteiger partial charge in [-0.25, -0.2) is 14.5 Å². The highest BCUT2D eigenvalue weighted by Gasteiger charge is 2.54. The fourth-order valence-electron chi connectivity index (χ4n) is 3.48. The molecule has 222 valence electrons. The van der Waals surface area contributed by atoms with E-state index >= 15 is 0 Å². The molecule has 0 radical (unpaired) electrons. The molecule has 8 N–H and O–H groups in total. The number of hydrogen-bond donors (Lipinski definition) is 5. The lowest BCUT2D eigenvalue weighted by Gasteiger charge is -2.49. The Hall–Kier alpha value is -2.39. The third-order valence-corrected chi connectivity index (χ3v) is 8.15. The molecule has 2 aliphatic heterocycles. The van der Waals surface area contributed by atoms with E-state index < -0.39 is 29.2 Å². The van der Waals surface area contributed by atoms with Crippen LogP contribution in [0, 0.1) is 0 Å². The minimum Gasteiger partial charge on any atom is -0.477 e. The smallest absolute Gasteiger partial charge is 0.352 e. The van der Waals surface area contributed by atoms with Gasteiger partial charge in [0, 0.05) is 30.0 Å². The van der Waals surface area contributed by atoms with Crippen LogP contribution < -0.4 is 22.5 Å². The van der Waals surface area contributed by atoms with E-state index in [1.165, 1.54) is 38.5 Å². The molecule has 2 aliphatic rings. The number of carboxylic acid groups (broad SMARTS) is 1. The summed E-state index contributed by atoms with van der Waals surface area (Å²) >= 11 is 3.70. The molecule has 1 fully saturated rings. The molecule has 16 nitrogen and oxygen atoms in total. The predicted octanol–water partition coefficient (Wildman–Crippen LogP) is -0.854. The third-order valence-electron chi connectivity index (χ3n) is 5.10. The number of carbonyl (C=O) groups is 3. The molecule has 22 heteroatoms. The lowest BCUT2D eigenvalue weighted by atomic mass is 10.0. The summed E-state index contributed by atoms with van der Waals surface area (Å²) in [7, 11) is 0. The number of nitrogens with two attached hydrogens (primary N) is 3. The van der Waals surface area contributed by atoms with E-state index in [4.69, 9.17) is 22.0 Å². The zero-order valence-corrected chi connectivity index (χ0v) is 25.3. The van der Waals surface area contributed by atoms with Gasteiger partial charge in [0.05, 0.1) is 6.54 Å². The number of nitrogens with one attached hydrogen (secondary N) is 1. The maximum atomic E-state index is 13.0. The Morgan fingerprint density at radius 2 is 2.02 bits per heavy atom. The van der Waals surface area contributed by atoms with Crippen molar-refractivity contribution in [2.45, 2.75) is 23.1 Å². The summed E-state index contributed by atoms with van der Waals surface area (Å²) in [5, 5.41) is 29.3. The first kappa shape index (κ1) is 35.6. The number of thioether (sulfide) groups is 2. The number of hydrogen-bond acceptors (Lipinski definition) is 15. The summed E-state index contributed by atoms with van der Waals surface area (Å²) in [5.41, 5.74) is 17.1. The van der Waals surface area contributed by atoms with Crippen LogP contribution in [0.4, 0.5) is 5.13 Å². The monoisotopic (exact) mass is 677 g/mol. The Morgan fingerprint density at radius 1 is 1.27 bits per heavy atom. The number of carboxylic acids is 1. The topological polar surface area (TPSA) is 243 Å². The molecule has 2 amide bonds. The molecule has 4 rings (SSSR count). The fourth-order valence-corrected chi connectivity index (χ4v) is 6.42. The van der Waals surface area contributed by atoms with Crippen molar-refractivity contribution in [3.63, 3.8) is 0 Å². The number of rotatable bonds is 12. The second kappa shape index (κ2) is 16.2. The second-order valence-electron chi connectivity index (χ2n) is 7.51. The first-order valence-electron chi connectivity index (χ1n) is 10.8. The SMILES string of the molecule is Cl.Cl.Cl.NCCON=C(C(=O)NC1C(=O)N2C(C(=O)O)=C(CSc3nnnn3CCN)CS[C@@H]12)c1csc(N)n1. The summed E-state index contributed by atoms with van der Waals surface area (Å²) in [6.45, 7) is 1.01. The molecule has 4 heterocycles. The quantitative estimate of drug-likeness (QED) is 0.0604. The molecule has 2 atom stereocenters. The number of carbonyl (C=O) groups excluding carboxylic acids is 2. The molecule has 0 bridgehead atoms. The van der Waals surface area contributed by atoms with Gasteiger partial charge in [-0.3, -0.25) is 14.5 Å². The molecule has 2 aromatic heterocycles. The third kappa shape index (κ3) is 7.66. The van der Waals surface area contributed by atoms with Crippen molar-refractivity contribution >= 4 is 101 Å². The number of anilines is 1. The number of aliphatic carboxylic acids is 1. The van der Waals surface area contributed by atoms with Crippen LogP contribution in [0.5, 0.6) is 0 Å². The van der Waals surface area contributed by atoms with Crippen LogP contribution in [0.3, 0.4) is 0 Å². The number of tetrazole rings is 1. The summed E-state index contributed by atoms with van der Waals surface area (Å²) in [6.07, 6.45) is 0. The lowest BCUT2D eigenvalue weighted by molar-refractivity contribution is -0.150. The van der Waals surface area contributed by atoms with Crippen molar-refractivity contribution in [2.24, 2.45) is 16.6 Å². The zero-order valence-electron chi connectivity index (χ0n) is 20.4. The van der Waals surface area contributed by atoms with Crippen molar-refractivity contribution in [1.29, 1.82) is 0 Å². The number of thiazole rings is 1. The van der Waals surface area contributed by atoms with Gasteiger partial charge in [0.25, 0.3) is 11.8 Å². The molecule has 1 saturated heterocycles. The number of amides is 2. The Labute approximate surface area is 258 Å². The number of β-lactam (4-membered cyclic amide) rings is 1. The van der Waals surface area contributed by atoms with Crippen LogP contribution in [-0.2, 0) is 25.8 Å². The van der Waals surface area contributed by atoms with Gasteiger partial charge in [-0.15, -0.1) is 65.4 Å². The number of nitrogen functional groups attached to an aromatic ring is 1. The highest BCUT2D eigenvalue weighted by Crippen LogP contribution is 2.41. The van der Waals surface area contributed by atoms with Crippen LogP contribution in [-0.4, -0.2) is 101 Å². The van der Waals surface area contributed by atoms with Gasteiger partial charge in [-0.1, -0.05) is 16.9 Å². The largest absolute Gasteiger partial charge is 0.477 e. The van der Waals surface area contributed by atoms with E-state index in [1.807, 2.05) is 0 Å². The lowest BCUT2D eigenvalue weighted by Crippen LogP contribution is -2.71. The van der Waals surface area contributed by atoms with Gasteiger partial charge in [0.1, 0.15) is 29.4 Å². The van der Waals surface area contributed by atoms with Crippen molar-refractivity contribution in [2.75, 3.05) is 36.9 Å². The summed E-state index contributed by atoms with van der Waals surface area (Å²) in [5.74, 6) is -1.92. The number of aromatic nitrogens is 5. The van der Waals surface area contributed by atoms with Crippen molar-refractivity contribution in [3.05, 3.63) is 22.3 Å². The van der Waals surface area contributed by atoms with Crippen LogP contribution in [0.2, 0.25) is 0 Å². The number of halogens is 3. The van der Waals surface area contributed by atoms with E-state index in [9.17, 15) is 19.5 Å². The van der Waals surface area contributed by atoms with Crippen LogP contribution in [0.1, 0.15) is 5.69 Å². The van der Waals surface area contributed by atoms with Crippen LogP contribution >= 0.6 is 72.1 Å². The van der Waals surface area contributed by atoms with Gasteiger partial charge in [0.2, 0.25) is 5.16 Å². The van der Waals surface area contributed by atoms with Crippen molar-refractivity contribution < 1.29 is 24.3 Å². The van der Waals surface area contributed by atoms with E-state index in [-0.39, 0.29) is 78.4 Å². The fraction of sp³-hybridized carbons (Fsp3) is 0.444. The van der Waals surface area contributed by atoms with Gasteiger partial charge in [-0.05, 0) is 16.0 Å². The summed E-state index contributed by atoms with van der Waals surface area (Å²) < 4.78 is 1.52. The maximum absolute atomic E-state index is 13.0. The molecule has 0 aliphatic carbocycles. The normalized spacial score (nSPS) is 18.0. The first-order chi connectivity index (χ1) is 17.8. The molecule has 2 aromatic rings. The minimum atomic E-state index is -1.24. The maximum Gasteiger partial charge on any atom is 0.352 e. The summed E-state index contributed by atoms with van der Waals surface area (Å²) in [6, 6.07) is -0.964. The summed E-state index contributed by atoms with van der Waals surface area (Å²) in [4.78, 5) is 48.4. The molecule has 1 unspecified atom stereocenters. The zero-order chi connectivity index (χ0) is 26.5. The highest BCUT2D eigenvalue weighted by molar-refractivity contribution is 8.01. The number of fused-ring (bicyclic) bond motifs is 1. The molecule has 40 heavy (non-hydrogen) atoms. The average molecular weight is 679 g/mol. The van der Waals surface area contributed by atoms with Crippen LogP contribution in [0.25, 0.3) is 0 Å². The minimum absolute atomic E-state index is 0. The Balaban J connectivity index is 0.00000267. The molecule has 0 aromatic carbocycles.